The highest BCUT2D eigenvalue weighted by Crippen LogP contribution is 2.33. The lowest BCUT2D eigenvalue weighted by atomic mass is 10.0. The Morgan fingerprint density at radius 3 is 2.61 bits per heavy atom. The van der Waals surface area contributed by atoms with Gasteiger partial charge in [-0.1, -0.05) is 5.16 Å². The Kier molecular flexibility index (Phi) is 6.33. The number of aromatic nitrogens is 1. The van der Waals surface area contributed by atoms with Gasteiger partial charge in [0.2, 0.25) is 5.91 Å². The average Bonchev–Trinajstić information content (AvgIpc) is 3.52. The molecule has 28 heavy (non-hydrogen) atoms. The number of likely N-dealkylation sites (tertiary alicyclic amines) is 1. The molecule has 4 rings (SSSR count). The van der Waals surface area contributed by atoms with E-state index in [1.807, 2.05) is 13.8 Å². The predicted octanol–water partition coefficient (Wildman–Crippen LogP) is 1.83. The molecule has 0 bridgehead atoms. The van der Waals surface area contributed by atoms with Crippen molar-refractivity contribution in [3.63, 3.8) is 0 Å². The highest BCUT2D eigenvalue weighted by molar-refractivity contribution is 5.81. The van der Waals surface area contributed by atoms with Gasteiger partial charge >= 0.3 is 0 Å². The minimum atomic E-state index is 0.280. The van der Waals surface area contributed by atoms with E-state index in [2.05, 4.69) is 19.9 Å². The molecule has 1 aliphatic carbocycles. The SMILES string of the molecule is Cc1noc(C)c1CN1CCCC(N(CCN2CCOCC2)C(=O)C2CC2)C1. The number of morpholine rings is 1. The van der Waals surface area contributed by atoms with Gasteiger partial charge in [0.1, 0.15) is 5.76 Å². The van der Waals surface area contributed by atoms with Crippen LogP contribution in [0.3, 0.4) is 0 Å². The molecule has 0 spiro atoms. The summed E-state index contributed by atoms with van der Waals surface area (Å²) in [5.74, 6) is 1.58. The molecule has 1 aromatic heterocycles. The zero-order chi connectivity index (χ0) is 19.5. The normalized spacial score (nSPS) is 24.4. The van der Waals surface area contributed by atoms with Crippen molar-refractivity contribution in [2.45, 2.75) is 52.1 Å². The molecule has 7 heteroatoms. The largest absolute Gasteiger partial charge is 0.379 e. The van der Waals surface area contributed by atoms with Crippen LogP contribution >= 0.6 is 0 Å². The van der Waals surface area contributed by atoms with E-state index in [9.17, 15) is 4.79 Å². The second-order valence-electron chi connectivity index (χ2n) is 8.59. The number of ether oxygens (including phenoxy) is 1. The number of hydrogen-bond donors (Lipinski definition) is 0. The van der Waals surface area contributed by atoms with Gasteiger partial charge in [-0.15, -0.1) is 0 Å². The summed E-state index contributed by atoms with van der Waals surface area (Å²) in [6, 6.07) is 0.323. The number of carbonyl (C=O) groups excluding carboxylic acids is 1. The summed E-state index contributed by atoms with van der Waals surface area (Å²) in [6.07, 6.45) is 4.39. The predicted molar refractivity (Wildman–Crippen MR) is 106 cm³/mol. The van der Waals surface area contributed by atoms with Gasteiger partial charge in [0.15, 0.2) is 0 Å². The molecule has 1 atom stereocenters. The highest BCUT2D eigenvalue weighted by atomic mass is 16.5. The first-order valence-electron chi connectivity index (χ1n) is 10.9. The second-order valence-corrected chi connectivity index (χ2v) is 8.59. The standard InChI is InChI=1S/C21H34N4O3/c1-16-20(17(2)28-22-16)15-24-7-3-4-19(14-24)25(21(26)18-5-6-18)9-8-23-10-12-27-13-11-23/h18-19H,3-15H2,1-2H3. The minimum absolute atomic E-state index is 0.280. The molecule has 1 unspecified atom stereocenters. The number of hydrogen-bond acceptors (Lipinski definition) is 6. The van der Waals surface area contributed by atoms with E-state index >= 15 is 0 Å². The Balaban J connectivity index is 1.39. The van der Waals surface area contributed by atoms with Crippen molar-refractivity contribution in [1.82, 2.24) is 19.9 Å². The first-order chi connectivity index (χ1) is 13.6. The maximum atomic E-state index is 13.0. The van der Waals surface area contributed by atoms with Gasteiger partial charge < -0.3 is 14.2 Å². The van der Waals surface area contributed by atoms with Crippen molar-refractivity contribution in [2.75, 3.05) is 52.5 Å². The Morgan fingerprint density at radius 2 is 1.93 bits per heavy atom. The van der Waals surface area contributed by atoms with Gasteiger partial charge in [-0.25, -0.2) is 0 Å². The van der Waals surface area contributed by atoms with E-state index in [-0.39, 0.29) is 5.92 Å². The fraction of sp³-hybridized carbons (Fsp3) is 0.810. The third kappa shape index (κ3) is 4.75. The molecular weight excluding hydrogens is 356 g/mol. The maximum absolute atomic E-state index is 13.0. The van der Waals surface area contributed by atoms with Crippen molar-refractivity contribution < 1.29 is 14.1 Å². The lowest BCUT2D eigenvalue weighted by molar-refractivity contribution is -0.136. The average molecular weight is 391 g/mol. The first kappa shape index (κ1) is 19.9. The van der Waals surface area contributed by atoms with Crippen molar-refractivity contribution in [1.29, 1.82) is 0 Å². The fourth-order valence-corrected chi connectivity index (χ4v) is 4.49. The fourth-order valence-electron chi connectivity index (χ4n) is 4.49. The topological polar surface area (TPSA) is 62.1 Å². The molecule has 1 amide bonds. The second kappa shape index (κ2) is 8.93. The number of amides is 1. The monoisotopic (exact) mass is 390 g/mol. The zero-order valence-electron chi connectivity index (χ0n) is 17.4. The third-order valence-corrected chi connectivity index (χ3v) is 6.45. The molecule has 0 N–H and O–H groups in total. The summed E-state index contributed by atoms with van der Waals surface area (Å²) < 4.78 is 10.8. The quantitative estimate of drug-likeness (QED) is 0.708. The molecule has 2 aliphatic heterocycles. The van der Waals surface area contributed by atoms with Crippen LogP contribution in [0.4, 0.5) is 0 Å². The van der Waals surface area contributed by atoms with E-state index in [4.69, 9.17) is 9.26 Å². The number of rotatable bonds is 7. The lowest BCUT2D eigenvalue weighted by Gasteiger charge is -2.40. The summed E-state index contributed by atoms with van der Waals surface area (Å²) in [6.45, 7) is 12.3. The summed E-state index contributed by atoms with van der Waals surface area (Å²) in [7, 11) is 0. The van der Waals surface area contributed by atoms with Crippen LogP contribution in [0.2, 0.25) is 0 Å². The van der Waals surface area contributed by atoms with Crippen LogP contribution in [0.1, 0.15) is 42.7 Å². The molecule has 7 nitrogen and oxygen atoms in total. The summed E-state index contributed by atoms with van der Waals surface area (Å²) in [4.78, 5) is 20.2. The first-order valence-corrected chi connectivity index (χ1v) is 10.9. The Morgan fingerprint density at radius 1 is 1.14 bits per heavy atom. The summed E-state index contributed by atoms with van der Waals surface area (Å²) in [5, 5.41) is 4.09. The van der Waals surface area contributed by atoms with Gasteiger partial charge in [0, 0.05) is 56.8 Å². The van der Waals surface area contributed by atoms with Gasteiger partial charge in [-0.2, -0.15) is 0 Å². The smallest absolute Gasteiger partial charge is 0.226 e. The molecule has 156 valence electrons. The van der Waals surface area contributed by atoms with E-state index in [0.29, 0.717) is 11.9 Å². The van der Waals surface area contributed by atoms with Crippen molar-refractivity contribution >= 4 is 5.91 Å². The minimum Gasteiger partial charge on any atom is -0.379 e. The molecule has 0 aromatic carbocycles. The summed E-state index contributed by atoms with van der Waals surface area (Å²) in [5.41, 5.74) is 2.19. The van der Waals surface area contributed by atoms with E-state index in [0.717, 1.165) is 96.2 Å². The lowest BCUT2D eigenvalue weighted by Crippen LogP contribution is -2.53. The number of nitrogens with zero attached hydrogens (tertiary/aromatic N) is 4. The Hall–Kier alpha value is -1.44. The zero-order valence-corrected chi connectivity index (χ0v) is 17.4. The Bertz CT molecular complexity index is 647. The van der Waals surface area contributed by atoms with Crippen LogP contribution in [-0.4, -0.2) is 84.3 Å². The number of carbonyl (C=O) groups is 1. The molecule has 0 radical (unpaired) electrons. The van der Waals surface area contributed by atoms with Crippen LogP contribution in [0.5, 0.6) is 0 Å². The van der Waals surface area contributed by atoms with Crippen molar-refractivity contribution in [3.8, 4) is 0 Å². The number of piperidine rings is 1. The molecule has 1 aromatic rings. The molecule has 1 saturated carbocycles. The van der Waals surface area contributed by atoms with Gasteiger partial charge in [0.25, 0.3) is 0 Å². The van der Waals surface area contributed by atoms with Crippen LogP contribution in [-0.2, 0) is 16.1 Å². The van der Waals surface area contributed by atoms with E-state index in [1.165, 1.54) is 5.56 Å². The van der Waals surface area contributed by atoms with Gasteiger partial charge in [0.05, 0.1) is 18.9 Å². The highest BCUT2D eigenvalue weighted by Gasteiger charge is 2.37. The van der Waals surface area contributed by atoms with Crippen LogP contribution in [0.15, 0.2) is 4.52 Å². The van der Waals surface area contributed by atoms with Gasteiger partial charge in [-0.05, 0) is 46.1 Å². The molecule has 2 saturated heterocycles. The molecule has 3 heterocycles. The van der Waals surface area contributed by atoms with Crippen LogP contribution in [0, 0.1) is 19.8 Å². The Labute approximate surface area is 168 Å². The van der Waals surface area contributed by atoms with Crippen molar-refractivity contribution in [2.24, 2.45) is 5.92 Å². The van der Waals surface area contributed by atoms with E-state index < -0.39 is 0 Å². The van der Waals surface area contributed by atoms with E-state index in [1.54, 1.807) is 0 Å². The molecule has 3 fully saturated rings. The number of aryl methyl sites for hydroxylation is 2. The maximum Gasteiger partial charge on any atom is 0.226 e. The molecular formula is C21H34N4O3. The van der Waals surface area contributed by atoms with Crippen LogP contribution < -0.4 is 0 Å². The summed E-state index contributed by atoms with van der Waals surface area (Å²) >= 11 is 0. The third-order valence-electron chi connectivity index (χ3n) is 6.45. The van der Waals surface area contributed by atoms with Crippen molar-refractivity contribution in [3.05, 3.63) is 17.0 Å². The van der Waals surface area contributed by atoms with Gasteiger partial charge in [-0.3, -0.25) is 14.6 Å². The van der Waals surface area contributed by atoms with Crippen LogP contribution in [0.25, 0.3) is 0 Å². The molecule has 3 aliphatic rings.